The van der Waals surface area contributed by atoms with Gasteiger partial charge in [0.25, 0.3) is 0 Å². The first kappa shape index (κ1) is 13.3. The number of ether oxygens (including phenoxy) is 2. The molecule has 0 N–H and O–H groups in total. The van der Waals surface area contributed by atoms with Crippen molar-refractivity contribution in [3.63, 3.8) is 0 Å². The monoisotopic (exact) mass is 248 g/mol. The van der Waals surface area contributed by atoms with Crippen LogP contribution in [-0.2, 0) is 0 Å². The van der Waals surface area contributed by atoms with E-state index >= 15 is 0 Å². The maximum atomic E-state index is 12.2. The normalized spacial score (nSPS) is 11.1. The highest BCUT2D eigenvalue weighted by Gasteiger charge is 2.34. The highest BCUT2D eigenvalue weighted by molar-refractivity contribution is 5.99. The molecule has 0 aliphatic rings. The second-order valence-electron chi connectivity index (χ2n) is 3.16. The van der Waals surface area contributed by atoms with Crippen molar-refractivity contribution in [1.82, 2.24) is 0 Å². The van der Waals surface area contributed by atoms with Crippen molar-refractivity contribution < 1.29 is 27.4 Å². The quantitative estimate of drug-likeness (QED) is 0.767. The number of rotatable bonds is 4. The molecular formula is C11H11F3O3. The van der Waals surface area contributed by atoms with Crippen LogP contribution >= 0.6 is 0 Å². The highest BCUT2D eigenvalue weighted by Crippen LogP contribution is 2.35. The van der Waals surface area contributed by atoms with Crippen molar-refractivity contribution in [2.75, 3.05) is 7.11 Å². The summed E-state index contributed by atoms with van der Waals surface area (Å²) in [6.45, 7) is 1.55. The standard InChI is InChI=1S/C11H11F3O3/c1-3-8(15)7-5-4-6-9(16-2)10(7)17-11(12,13)14/h4-6H,3H2,1-2H3. The van der Waals surface area contributed by atoms with E-state index in [1.54, 1.807) is 6.92 Å². The third-order valence-electron chi connectivity index (χ3n) is 2.04. The van der Waals surface area contributed by atoms with Crippen LogP contribution in [-0.4, -0.2) is 19.3 Å². The van der Waals surface area contributed by atoms with Gasteiger partial charge in [-0.05, 0) is 12.1 Å². The molecule has 0 fully saturated rings. The molecule has 1 rings (SSSR count). The lowest BCUT2D eigenvalue weighted by Crippen LogP contribution is -2.19. The first-order chi connectivity index (χ1) is 7.89. The first-order valence-corrected chi connectivity index (χ1v) is 4.85. The largest absolute Gasteiger partial charge is 0.573 e. The van der Waals surface area contributed by atoms with E-state index in [0.717, 1.165) is 0 Å². The van der Waals surface area contributed by atoms with Gasteiger partial charge in [0.2, 0.25) is 0 Å². The molecule has 0 amide bonds. The van der Waals surface area contributed by atoms with Gasteiger partial charge in [0.1, 0.15) is 0 Å². The average molecular weight is 248 g/mol. The van der Waals surface area contributed by atoms with Gasteiger partial charge in [-0.2, -0.15) is 0 Å². The Balaban J connectivity index is 3.25. The summed E-state index contributed by atoms with van der Waals surface area (Å²) in [5.74, 6) is -1.15. The number of Topliss-reactive ketones (excluding diaryl/α,β-unsaturated/α-hetero) is 1. The molecule has 0 unspecified atom stereocenters. The fourth-order valence-corrected chi connectivity index (χ4v) is 1.31. The van der Waals surface area contributed by atoms with Crippen LogP contribution in [0, 0.1) is 0 Å². The summed E-state index contributed by atoms with van der Waals surface area (Å²) < 4.78 is 45.2. The minimum absolute atomic E-state index is 0.0847. The molecule has 0 heterocycles. The lowest BCUT2D eigenvalue weighted by atomic mass is 10.1. The molecule has 6 heteroatoms. The van der Waals surface area contributed by atoms with Gasteiger partial charge in [-0.15, -0.1) is 13.2 Å². The summed E-state index contributed by atoms with van der Waals surface area (Å²) in [7, 11) is 1.21. The molecule has 1 aromatic carbocycles. The van der Waals surface area contributed by atoms with E-state index in [1.807, 2.05) is 0 Å². The number of halogens is 3. The maximum absolute atomic E-state index is 12.2. The van der Waals surface area contributed by atoms with Crippen molar-refractivity contribution in [3.05, 3.63) is 23.8 Å². The van der Waals surface area contributed by atoms with E-state index in [2.05, 4.69) is 4.74 Å². The summed E-state index contributed by atoms with van der Waals surface area (Å²) in [5.41, 5.74) is -0.135. The molecule has 0 saturated heterocycles. The van der Waals surface area contributed by atoms with E-state index in [1.165, 1.54) is 25.3 Å². The topological polar surface area (TPSA) is 35.5 Å². The predicted molar refractivity (Wildman–Crippen MR) is 54.3 cm³/mol. The molecule has 0 spiro atoms. The molecule has 0 radical (unpaired) electrons. The van der Waals surface area contributed by atoms with Crippen LogP contribution < -0.4 is 9.47 Å². The summed E-state index contributed by atoms with van der Waals surface area (Å²) >= 11 is 0. The van der Waals surface area contributed by atoms with Crippen LogP contribution in [0.5, 0.6) is 11.5 Å². The first-order valence-electron chi connectivity index (χ1n) is 4.85. The Kier molecular flexibility index (Phi) is 3.98. The van der Waals surface area contributed by atoms with Gasteiger partial charge < -0.3 is 9.47 Å². The minimum Gasteiger partial charge on any atom is -0.493 e. The number of methoxy groups -OCH3 is 1. The fraction of sp³-hybridized carbons (Fsp3) is 0.364. The van der Waals surface area contributed by atoms with Gasteiger partial charge in [0.05, 0.1) is 12.7 Å². The number of hydrogen-bond donors (Lipinski definition) is 0. The highest BCUT2D eigenvalue weighted by atomic mass is 19.4. The number of benzene rings is 1. The SMILES string of the molecule is CCC(=O)c1cccc(OC)c1OC(F)(F)F. The molecular weight excluding hydrogens is 237 g/mol. The van der Waals surface area contributed by atoms with Crippen LogP contribution in [0.15, 0.2) is 18.2 Å². The third kappa shape index (κ3) is 3.37. The van der Waals surface area contributed by atoms with E-state index in [4.69, 9.17) is 4.74 Å². The van der Waals surface area contributed by atoms with Gasteiger partial charge >= 0.3 is 6.36 Å². The number of alkyl halides is 3. The Bertz CT molecular complexity index is 413. The summed E-state index contributed by atoms with van der Waals surface area (Å²) in [4.78, 5) is 11.5. The molecule has 0 aliphatic heterocycles. The average Bonchev–Trinajstić information content (AvgIpc) is 2.26. The second-order valence-corrected chi connectivity index (χ2v) is 3.16. The van der Waals surface area contributed by atoms with Gasteiger partial charge in [0.15, 0.2) is 17.3 Å². The number of carbonyl (C=O) groups is 1. The Hall–Kier alpha value is -1.72. The van der Waals surface area contributed by atoms with Crippen molar-refractivity contribution in [2.45, 2.75) is 19.7 Å². The fourth-order valence-electron chi connectivity index (χ4n) is 1.31. The Morgan fingerprint density at radius 1 is 1.35 bits per heavy atom. The lowest BCUT2D eigenvalue weighted by Gasteiger charge is -2.15. The zero-order chi connectivity index (χ0) is 13.1. The Morgan fingerprint density at radius 2 is 2.00 bits per heavy atom. The van der Waals surface area contributed by atoms with Gasteiger partial charge in [-0.3, -0.25) is 4.79 Å². The Labute approximate surface area is 96.1 Å². The van der Waals surface area contributed by atoms with Crippen LogP contribution in [0.1, 0.15) is 23.7 Å². The van der Waals surface area contributed by atoms with Crippen molar-refractivity contribution in [3.8, 4) is 11.5 Å². The zero-order valence-corrected chi connectivity index (χ0v) is 9.30. The molecule has 3 nitrogen and oxygen atoms in total. The number of hydrogen-bond acceptors (Lipinski definition) is 3. The van der Waals surface area contributed by atoms with Gasteiger partial charge in [-0.1, -0.05) is 13.0 Å². The summed E-state index contributed by atoms with van der Waals surface area (Å²) in [6.07, 6.45) is -4.78. The van der Waals surface area contributed by atoms with Gasteiger partial charge in [-0.25, -0.2) is 0 Å². The van der Waals surface area contributed by atoms with Crippen molar-refractivity contribution in [1.29, 1.82) is 0 Å². The van der Waals surface area contributed by atoms with E-state index in [0.29, 0.717) is 0 Å². The maximum Gasteiger partial charge on any atom is 0.573 e. The van der Waals surface area contributed by atoms with Crippen LogP contribution in [0.4, 0.5) is 13.2 Å². The van der Waals surface area contributed by atoms with E-state index in [-0.39, 0.29) is 17.7 Å². The molecule has 17 heavy (non-hydrogen) atoms. The number of carbonyl (C=O) groups excluding carboxylic acids is 1. The minimum atomic E-state index is -4.86. The molecule has 0 aromatic heterocycles. The van der Waals surface area contributed by atoms with Crippen LogP contribution in [0.2, 0.25) is 0 Å². The van der Waals surface area contributed by atoms with Crippen molar-refractivity contribution >= 4 is 5.78 Å². The number of para-hydroxylation sites is 1. The van der Waals surface area contributed by atoms with E-state index in [9.17, 15) is 18.0 Å². The summed E-state index contributed by atoms with van der Waals surface area (Å²) in [6, 6.07) is 4.01. The molecule has 94 valence electrons. The van der Waals surface area contributed by atoms with Gasteiger partial charge in [0, 0.05) is 6.42 Å². The second kappa shape index (κ2) is 5.07. The van der Waals surface area contributed by atoms with E-state index < -0.39 is 17.9 Å². The number of ketones is 1. The predicted octanol–water partition coefficient (Wildman–Crippen LogP) is 3.19. The Morgan fingerprint density at radius 3 is 2.47 bits per heavy atom. The van der Waals surface area contributed by atoms with Crippen molar-refractivity contribution in [2.24, 2.45) is 0 Å². The summed E-state index contributed by atoms with van der Waals surface area (Å²) in [5, 5.41) is 0. The molecule has 0 bridgehead atoms. The molecule has 0 saturated carbocycles. The zero-order valence-electron chi connectivity index (χ0n) is 9.30. The lowest BCUT2D eigenvalue weighted by molar-refractivity contribution is -0.275. The van der Waals surface area contributed by atoms with Crippen LogP contribution in [0.25, 0.3) is 0 Å². The third-order valence-corrected chi connectivity index (χ3v) is 2.04. The molecule has 0 aliphatic carbocycles. The smallest absolute Gasteiger partial charge is 0.493 e. The molecule has 0 atom stereocenters. The molecule has 1 aromatic rings. The van der Waals surface area contributed by atoms with Crippen LogP contribution in [0.3, 0.4) is 0 Å².